The molecule has 0 spiro atoms. The second-order valence-electron chi connectivity index (χ2n) is 6.79. The van der Waals surface area contributed by atoms with Crippen molar-refractivity contribution in [2.75, 3.05) is 31.1 Å². The fraction of sp³-hybridized carbons (Fsp3) is 0.350. The Morgan fingerprint density at radius 3 is 2.62 bits per heavy atom. The number of amides is 1. The lowest BCUT2D eigenvalue weighted by molar-refractivity contribution is -0.385. The van der Waals surface area contributed by atoms with Crippen molar-refractivity contribution in [3.63, 3.8) is 0 Å². The van der Waals surface area contributed by atoms with E-state index in [1.807, 2.05) is 30.0 Å². The van der Waals surface area contributed by atoms with E-state index in [9.17, 15) is 23.7 Å². The van der Waals surface area contributed by atoms with Crippen LogP contribution in [-0.4, -0.2) is 48.5 Å². The first-order valence-corrected chi connectivity index (χ1v) is 9.19. The lowest BCUT2D eigenvalue weighted by Crippen LogP contribution is -2.35. The maximum Gasteiger partial charge on any atom is 0.387 e. The summed E-state index contributed by atoms with van der Waals surface area (Å²) in [7, 11) is 0. The zero-order valence-electron chi connectivity index (χ0n) is 15.9. The monoisotopic (exact) mass is 405 g/mol. The molecule has 3 rings (SSSR count). The van der Waals surface area contributed by atoms with E-state index in [1.54, 1.807) is 11.0 Å². The molecule has 7 nitrogen and oxygen atoms in total. The Bertz CT molecular complexity index is 907. The molecule has 1 heterocycles. The van der Waals surface area contributed by atoms with Crippen LogP contribution in [0.4, 0.5) is 20.2 Å². The van der Waals surface area contributed by atoms with E-state index in [4.69, 9.17) is 0 Å². The quantitative estimate of drug-likeness (QED) is 0.558. The second kappa shape index (κ2) is 8.85. The Balaban J connectivity index is 1.78. The Hall–Kier alpha value is -3.23. The Kier molecular flexibility index (Phi) is 6.26. The SMILES string of the molecule is Cc1cccc(C(=O)N2CCCN(c3ccc([N+](=O)[O-])cc3OC(F)F)CC2)c1. The summed E-state index contributed by atoms with van der Waals surface area (Å²) in [5.74, 6) is -0.323. The van der Waals surface area contributed by atoms with Gasteiger partial charge in [0.2, 0.25) is 0 Å². The number of rotatable bonds is 5. The zero-order chi connectivity index (χ0) is 21.0. The van der Waals surface area contributed by atoms with Gasteiger partial charge in [0.15, 0.2) is 5.75 Å². The number of nitro groups is 1. The van der Waals surface area contributed by atoms with Crippen molar-refractivity contribution in [2.45, 2.75) is 20.0 Å². The molecule has 1 aliphatic rings. The Morgan fingerprint density at radius 1 is 1.14 bits per heavy atom. The Morgan fingerprint density at radius 2 is 1.93 bits per heavy atom. The molecule has 29 heavy (non-hydrogen) atoms. The molecule has 2 aromatic rings. The van der Waals surface area contributed by atoms with Crippen molar-refractivity contribution in [3.8, 4) is 5.75 Å². The van der Waals surface area contributed by atoms with Gasteiger partial charge >= 0.3 is 6.61 Å². The normalized spacial score (nSPS) is 14.6. The fourth-order valence-corrected chi connectivity index (χ4v) is 3.39. The third kappa shape index (κ3) is 4.98. The summed E-state index contributed by atoms with van der Waals surface area (Å²) in [5, 5.41) is 11.0. The molecule has 1 saturated heterocycles. The molecule has 0 saturated carbocycles. The van der Waals surface area contributed by atoms with Crippen molar-refractivity contribution in [1.82, 2.24) is 4.90 Å². The van der Waals surface area contributed by atoms with Crippen LogP contribution in [-0.2, 0) is 0 Å². The van der Waals surface area contributed by atoms with E-state index in [0.29, 0.717) is 43.9 Å². The molecular formula is C20H21F2N3O4. The molecule has 0 atom stereocenters. The third-order valence-electron chi connectivity index (χ3n) is 4.76. The largest absolute Gasteiger partial charge is 0.432 e. The molecule has 9 heteroatoms. The molecule has 154 valence electrons. The highest BCUT2D eigenvalue weighted by atomic mass is 19.3. The van der Waals surface area contributed by atoms with E-state index in [2.05, 4.69) is 4.74 Å². The summed E-state index contributed by atoms with van der Waals surface area (Å²) >= 11 is 0. The summed E-state index contributed by atoms with van der Waals surface area (Å²) in [6.07, 6.45) is 0.628. The van der Waals surface area contributed by atoms with Crippen LogP contribution in [0.25, 0.3) is 0 Å². The van der Waals surface area contributed by atoms with Gasteiger partial charge in [-0.15, -0.1) is 0 Å². The molecule has 1 fully saturated rings. The van der Waals surface area contributed by atoms with Gasteiger partial charge in [0, 0.05) is 37.8 Å². The number of benzene rings is 2. The summed E-state index contributed by atoms with van der Waals surface area (Å²) in [4.78, 5) is 26.6. The van der Waals surface area contributed by atoms with Crippen LogP contribution in [0.2, 0.25) is 0 Å². The van der Waals surface area contributed by atoms with Gasteiger partial charge in [-0.1, -0.05) is 17.7 Å². The van der Waals surface area contributed by atoms with Crippen LogP contribution in [0.3, 0.4) is 0 Å². The highest BCUT2D eigenvalue weighted by molar-refractivity contribution is 5.94. The van der Waals surface area contributed by atoms with Crippen LogP contribution < -0.4 is 9.64 Å². The van der Waals surface area contributed by atoms with Crippen molar-refractivity contribution < 1.29 is 23.2 Å². The minimum Gasteiger partial charge on any atom is -0.432 e. The number of halogens is 2. The number of hydrogen-bond acceptors (Lipinski definition) is 5. The minimum absolute atomic E-state index is 0.0803. The topological polar surface area (TPSA) is 75.9 Å². The van der Waals surface area contributed by atoms with Crippen LogP contribution in [0.15, 0.2) is 42.5 Å². The maximum absolute atomic E-state index is 12.8. The van der Waals surface area contributed by atoms with E-state index >= 15 is 0 Å². The number of nitro benzene ring substituents is 1. The standard InChI is InChI=1S/C20H21F2N3O4/c1-14-4-2-5-15(12-14)19(26)24-9-3-8-23(10-11-24)17-7-6-16(25(27)28)13-18(17)29-20(21)22/h2,4-7,12-13,20H,3,8-11H2,1H3. The lowest BCUT2D eigenvalue weighted by atomic mass is 10.1. The van der Waals surface area contributed by atoms with E-state index in [-0.39, 0.29) is 17.3 Å². The number of non-ortho nitro benzene ring substituents is 1. The van der Waals surface area contributed by atoms with Gasteiger partial charge in [-0.05, 0) is 31.5 Å². The molecule has 0 bridgehead atoms. The molecule has 0 aliphatic carbocycles. The minimum atomic E-state index is -3.10. The summed E-state index contributed by atoms with van der Waals surface area (Å²) in [5.41, 5.74) is 1.62. The molecule has 1 aliphatic heterocycles. The number of anilines is 1. The molecular weight excluding hydrogens is 384 g/mol. The van der Waals surface area contributed by atoms with Crippen LogP contribution >= 0.6 is 0 Å². The number of carbonyl (C=O) groups is 1. The predicted molar refractivity (Wildman–Crippen MR) is 104 cm³/mol. The number of alkyl halides is 2. The molecule has 0 aromatic heterocycles. The van der Waals surface area contributed by atoms with Gasteiger partial charge in [-0.2, -0.15) is 8.78 Å². The number of hydrogen-bond donors (Lipinski definition) is 0. The van der Waals surface area contributed by atoms with Crippen molar-refractivity contribution in [2.24, 2.45) is 0 Å². The van der Waals surface area contributed by atoms with Gasteiger partial charge in [0.05, 0.1) is 16.7 Å². The Labute approximate surface area is 166 Å². The highest BCUT2D eigenvalue weighted by Crippen LogP contribution is 2.34. The van der Waals surface area contributed by atoms with E-state index < -0.39 is 11.5 Å². The number of aryl methyl sites for hydroxylation is 1. The van der Waals surface area contributed by atoms with Crippen molar-refractivity contribution in [1.29, 1.82) is 0 Å². The average molecular weight is 405 g/mol. The smallest absolute Gasteiger partial charge is 0.387 e. The van der Waals surface area contributed by atoms with Gasteiger partial charge in [-0.25, -0.2) is 0 Å². The van der Waals surface area contributed by atoms with Gasteiger partial charge in [0.25, 0.3) is 11.6 Å². The van der Waals surface area contributed by atoms with Crippen LogP contribution in [0.5, 0.6) is 5.75 Å². The number of nitrogens with zero attached hydrogens (tertiary/aromatic N) is 3. The molecule has 1 amide bonds. The van der Waals surface area contributed by atoms with Gasteiger partial charge in [-0.3, -0.25) is 14.9 Å². The van der Waals surface area contributed by atoms with Crippen LogP contribution in [0.1, 0.15) is 22.3 Å². The highest BCUT2D eigenvalue weighted by Gasteiger charge is 2.24. The molecule has 0 radical (unpaired) electrons. The van der Waals surface area contributed by atoms with Crippen molar-refractivity contribution >= 4 is 17.3 Å². The molecule has 2 aromatic carbocycles. The van der Waals surface area contributed by atoms with E-state index in [1.165, 1.54) is 12.1 Å². The summed E-state index contributed by atoms with van der Waals surface area (Å²) < 4.78 is 30.1. The second-order valence-corrected chi connectivity index (χ2v) is 6.79. The lowest BCUT2D eigenvalue weighted by Gasteiger charge is -2.25. The third-order valence-corrected chi connectivity index (χ3v) is 4.76. The van der Waals surface area contributed by atoms with Gasteiger partial charge < -0.3 is 14.5 Å². The van der Waals surface area contributed by atoms with E-state index in [0.717, 1.165) is 11.6 Å². The van der Waals surface area contributed by atoms with Crippen LogP contribution in [0, 0.1) is 17.0 Å². The first kappa shape index (κ1) is 20.5. The molecule has 0 unspecified atom stereocenters. The number of carbonyl (C=O) groups excluding carboxylic acids is 1. The first-order chi connectivity index (χ1) is 13.8. The van der Waals surface area contributed by atoms with Crippen molar-refractivity contribution in [3.05, 3.63) is 63.7 Å². The first-order valence-electron chi connectivity index (χ1n) is 9.19. The zero-order valence-corrected chi connectivity index (χ0v) is 15.9. The summed E-state index contributed by atoms with van der Waals surface area (Å²) in [6.45, 7) is 0.658. The fourth-order valence-electron chi connectivity index (χ4n) is 3.39. The average Bonchev–Trinajstić information content (AvgIpc) is 2.93. The molecule has 0 N–H and O–H groups in total. The van der Waals surface area contributed by atoms with Gasteiger partial charge in [0.1, 0.15) is 0 Å². The number of ether oxygens (including phenoxy) is 1. The maximum atomic E-state index is 12.8. The summed E-state index contributed by atoms with van der Waals surface area (Å²) in [6, 6.07) is 11.0. The predicted octanol–water partition coefficient (Wildman–Crippen LogP) is 3.86.